The molecule has 1 saturated carbocycles. The molecule has 0 N–H and O–H groups in total. The highest BCUT2D eigenvalue weighted by atomic mass is 14.4. The summed E-state index contributed by atoms with van der Waals surface area (Å²) in [6, 6.07) is 0. The molecule has 0 aromatic rings. The maximum Gasteiger partial charge on any atom is -0.0326 e. The second-order valence-electron chi connectivity index (χ2n) is 5.35. The maximum absolute atomic E-state index is 2.44. The van der Waals surface area contributed by atoms with Crippen molar-refractivity contribution < 1.29 is 0 Å². The lowest BCUT2D eigenvalue weighted by atomic mass is 9.68. The van der Waals surface area contributed by atoms with Gasteiger partial charge in [-0.05, 0) is 23.7 Å². The van der Waals surface area contributed by atoms with Crippen molar-refractivity contribution >= 4 is 0 Å². The van der Waals surface area contributed by atoms with E-state index in [-0.39, 0.29) is 0 Å². The van der Waals surface area contributed by atoms with Crippen LogP contribution in [-0.4, -0.2) is 0 Å². The van der Waals surface area contributed by atoms with Crippen LogP contribution in [0.5, 0.6) is 0 Å². The van der Waals surface area contributed by atoms with Gasteiger partial charge in [0.1, 0.15) is 0 Å². The van der Waals surface area contributed by atoms with E-state index in [0.717, 1.165) is 11.8 Å². The quantitative estimate of drug-likeness (QED) is 0.507. The van der Waals surface area contributed by atoms with Crippen LogP contribution in [0.2, 0.25) is 0 Å². The topological polar surface area (TPSA) is 0 Å². The molecule has 1 aliphatic carbocycles. The van der Waals surface area contributed by atoms with E-state index in [2.05, 4.69) is 27.7 Å². The third-order valence-corrected chi connectivity index (χ3v) is 4.07. The SMILES string of the molecule is CC1CCCCCC(C)(C)C1C. The van der Waals surface area contributed by atoms with Crippen LogP contribution in [0.1, 0.15) is 59.8 Å². The highest BCUT2D eigenvalue weighted by molar-refractivity contribution is 4.80. The summed E-state index contributed by atoms with van der Waals surface area (Å²) in [4.78, 5) is 0. The van der Waals surface area contributed by atoms with Gasteiger partial charge in [-0.2, -0.15) is 0 Å². The molecule has 1 rings (SSSR count). The van der Waals surface area contributed by atoms with Gasteiger partial charge in [0.2, 0.25) is 0 Å². The van der Waals surface area contributed by atoms with E-state index >= 15 is 0 Å². The van der Waals surface area contributed by atoms with Crippen molar-refractivity contribution in [1.29, 1.82) is 0 Å². The molecule has 0 aromatic carbocycles. The van der Waals surface area contributed by atoms with Crippen LogP contribution in [0.25, 0.3) is 0 Å². The van der Waals surface area contributed by atoms with Gasteiger partial charge < -0.3 is 0 Å². The van der Waals surface area contributed by atoms with E-state index in [1.165, 1.54) is 32.1 Å². The van der Waals surface area contributed by atoms with Crippen LogP contribution >= 0.6 is 0 Å². The van der Waals surface area contributed by atoms with Gasteiger partial charge in [-0.3, -0.25) is 0 Å². The minimum absolute atomic E-state index is 0.583. The normalized spacial score (nSPS) is 37.0. The maximum atomic E-state index is 2.44. The molecule has 0 saturated heterocycles. The predicted octanol–water partition coefficient (Wildman–Crippen LogP) is 4.25. The molecule has 0 bridgehead atoms. The first-order valence-electron chi connectivity index (χ1n) is 5.54. The van der Waals surface area contributed by atoms with Crippen molar-refractivity contribution in [3.63, 3.8) is 0 Å². The van der Waals surface area contributed by atoms with E-state index < -0.39 is 0 Å². The van der Waals surface area contributed by atoms with E-state index in [0.29, 0.717) is 5.41 Å². The zero-order valence-electron chi connectivity index (χ0n) is 9.19. The van der Waals surface area contributed by atoms with Gasteiger partial charge in [-0.25, -0.2) is 0 Å². The minimum atomic E-state index is 0.583. The second kappa shape index (κ2) is 3.81. The Kier molecular flexibility index (Phi) is 3.20. The molecule has 1 fully saturated rings. The molecular weight excluding hydrogens is 144 g/mol. The van der Waals surface area contributed by atoms with Crippen LogP contribution in [-0.2, 0) is 0 Å². The Hall–Kier alpha value is 0. The molecule has 72 valence electrons. The predicted molar refractivity (Wildman–Crippen MR) is 55.2 cm³/mol. The molecule has 12 heavy (non-hydrogen) atoms. The van der Waals surface area contributed by atoms with E-state index in [4.69, 9.17) is 0 Å². The second-order valence-corrected chi connectivity index (χ2v) is 5.35. The summed E-state index contributed by atoms with van der Waals surface area (Å²) in [6.45, 7) is 9.76. The Balaban J connectivity index is 2.60. The molecule has 0 nitrogen and oxygen atoms in total. The third-order valence-electron chi connectivity index (χ3n) is 4.07. The van der Waals surface area contributed by atoms with Gasteiger partial charge in [0, 0.05) is 0 Å². The Morgan fingerprint density at radius 3 is 2.33 bits per heavy atom. The van der Waals surface area contributed by atoms with Crippen molar-refractivity contribution in [2.75, 3.05) is 0 Å². The van der Waals surface area contributed by atoms with Crippen LogP contribution < -0.4 is 0 Å². The van der Waals surface area contributed by atoms with Crippen molar-refractivity contribution in [3.8, 4) is 0 Å². The Morgan fingerprint density at radius 1 is 1.00 bits per heavy atom. The van der Waals surface area contributed by atoms with Crippen LogP contribution in [0.3, 0.4) is 0 Å². The van der Waals surface area contributed by atoms with Crippen molar-refractivity contribution in [1.82, 2.24) is 0 Å². The summed E-state index contributed by atoms with van der Waals surface area (Å²) in [5.41, 5.74) is 0.583. The molecule has 0 heterocycles. The molecule has 2 unspecified atom stereocenters. The van der Waals surface area contributed by atoms with Gasteiger partial charge in [0.25, 0.3) is 0 Å². The van der Waals surface area contributed by atoms with E-state index in [1.54, 1.807) is 0 Å². The van der Waals surface area contributed by atoms with Crippen molar-refractivity contribution in [2.45, 2.75) is 59.8 Å². The van der Waals surface area contributed by atoms with E-state index in [1.807, 2.05) is 0 Å². The van der Waals surface area contributed by atoms with Crippen LogP contribution in [0, 0.1) is 17.3 Å². The number of hydrogen-bond donors (Lipinski definition) is 0. The lowest BCUT2D eigenvalue weighted by Gasteiger charge is -2.38. The first-order chi connectivity index (χ1) is 5.54. The Labute approximate surface area is 77.7 Å². The molecule has 0 aromatic heterocycles. The largest absolute Gasteiger partial charge is 0.0622 e. The first-order valence-corrected chi connectivity index (χ1v) is 5.54. The molecular formula is C12H24. The fraction of sp³-hybridized carbons (Fsp3) is 1.00. The van der Waals surface area contributed by atoms with Gasteiger partial charge >= 0.3 is 0 Å². The fourth-order valence-electron chi connectivity index (χ4n) is 2.47. The number of hydrogen-bond acceptors (Lipinski definition) is 0. The first kappa shape index (κ1) is 10.1. The standard InChI is InChI=1S/C12H24/c1-10-8-6-5-7-9-12(3,4)11(10)2/h10-11H,5-9H2,1-4H3. The smallest absolute Gasteiger partial charge is 0.0326 e. The third kappa shape index (κ3) is 2.24. The number of rotatable bonds is 0. The molecule has 0 radical (unpaired) electrons. The summed E-state index contributed by atoms with van der Waals surface area (Å²) in [7, 11) is 0. The monoisotopic (exact) mass is 168 g/mol. The lowest BCUT2D eigenvalue weighted by Crippen LogP contribution is -2.28. The summed E-state index contributed by atoms with van der Waals surface area (Å²) in [5, 5.41) is 0. The van der Waals surface area contributed by atoms with Gasteiger partial charge in [-0.1, -0.05) is 53.4 Å². The van der Waals surface area contributed by atoms with Crippen LogP contribution in [0.4, 0.5) is 0 Å². The van der Waals surface area contributed by atoms with Gasteiger partial charge in [0.05, 0.1) is 0 Å². The molecule has 0 heteroatoms. The van der Waals surface area contributed by atoms with Gasteiger partial charge in [-0.15, -0.1) is 0 Å². The lowest BCUT2D eigenvalue weighted by molar-refractivity contribution is 0.127. The molecule has 1 aliphatic rings. The highest BCUT2D eigenvalue weighted by Crippen LogP contribution is 2.40. The molecule has 0 spiro atoms. The van der Waals surface area contributed by atoms with Crippen LogP contribution in [0.15, 0.2) is 0 Å². The Bertz CT molecular complexity index is 135. The highest BCUT2D eigenvalue weighted by Gasteiger charge is 2.30. The Morgan fingerprint density at radius 2 is 1.67 bits per heavy atom. The zero-order valence-corrected chi connectivity index (χ0v) is 9.19. The molecule has 0 aliphatic heterocycles. The average molecular weight is 168 g/mol. The molecule has 0 amide bonds. The molecule has 2 atom stereocenters. The summed E-state index contributed by atoms with van der Waals surface area (Å²) >= 11 is 0. The summed E-state index contributed by atoms with van der Waals surface area (Å²) in [5.74, 6) is 1.83. The fourth-order valence-corrected chi connectivity index (χ4v) is 2.47. The van der Waals surface area contributed by atoms with E-state index in [9.17, 15) is 0 Å². The average Bonchev–Trinajstić information content (AvgIpc) is 2.00. The van der Waals surface area contributed by atoms with Crippen molar-refractivity contribution in [2.24, 2.45) is 17.3 Å². The summed E-state index contributed by atoms with van der Waals surface area (Å²) in [6.07, 6.45) is 7.25. The van der Waals surface area contributed by atoms with Crippen molar-refractivity contribution in [3.05, 3.63) is 0 Å². The minimum Gasteiger partial charge on any atom is -0.0622 e. The zero-order chi connectivity index (χ0) is 9.19. The summed E-state index contributed by atoms with van der Waals surface area (Å²) < 4.78 is 0. The van der Waals surface area contributed by atoms with Gasteiger partial charge in [0.15, 0.2) is 0 Å².